The van der Waals surface area contributed by atoms with Gasteiger partial charge in [0.15, 0.2) is 0 Å². The van der Waals surface area contributed by atoms with Crippen molar-refractivity contribution < 1.29 is 5.11 Å². The minimum absolute atomic E-state index is 0.170. The minimum Gasteiger partial charge on any atom is -0.512 e. The Labute approximate surface area is 97.8 Å². The van der Waals surface area contributed by atoms with Crippen molar-refractivity contribution in [3.05, 3.63) is 47.2 Å². The van der Waals surface area contributed by atoms with Gasteiger partial charge >= 0.3 is 0 Å². The van der Waals surface area contributed by atoms with Crippen LogP contribution in [0.3, 0.4) is 0 Å². The summed E-state index contributed by atoms with van der Waals surface area (Å²) in [6, 6.07) is 6.67. The molecule has 16 heavy (non-hydrogen) atoms. The molecule has 0 aliphatic heterocycles. The standard InChI is InChI=1S/C15H20O/c1-10(2)8-12-4-6-15-13(9-12)5-7-14(15)11(3)16/h4,6,9-10,14,16H,3,5,7-8H2,1-2H3. The molecule has 1 aliphatic carbocycles. The summed E-state index contributed by atoms with van der Waals surface area (Å²) < 4.78 is 0. The van der Waals surface area contributed by atoms with E-state index in [1.165, 1.54) is 16.7 Å². The fourth-order valence-corrected chi connectivity index (χ4v) is 2.62. The Hall–Kier alpha value is -1.24. The first kappa shape index (κ1) is 11.3. The van der Waals surface area contributed by atoms with Crippen molar-refractivity contribution in [2.75, 3.05) is 0 Å². The number of aliphatic hydroxyl groups excluding tert-OH is 1. The van der Waals surface area contributed by atoms with Crippen molar-refractivity contribution in [3.63, 3.8) is 0 Å². The van der Waals surface area contributed by atoms with E-state index in [9.17, 15) is 5.11 Å². The SMILES string of the molecule is C=C(O)C1CCc2cc(CC(C)C)ccc21. The van der Waals surface area contributed by atoms with Gasteiger partial charge < -0.3 is 5.11 Å². The maximum atomic E-state index is 9.52. The zero-order valence-corrected chi connectivity index (χ0v) is 10.2. The number of aliphatic hydroxyl groups is 1. The molecule has 86 valence electrons. The third-order valence-corrected chi connectivity index (χ3v) is 3.33. The maximum absolute atomic E-state index is 9.52. The van der Waals surface area contributed by atoms with E-state index >= 15 is 0 Å². The second kappa shape index (κ2) is 4.32. The van der Waals surface area contributed by atoms with Gasteiger partial charge in [-0.3, -0.25) is 0 Å². The van der Waals surface area contributed by atoms with Crippen LogP contribution in [0.25, 0.3) is 0 Å². The summed E-state index contributed by atoms with van der Waals surface area (Å²) in [5.74, 6) is 1.18. The lowest BCUT2D eigenvalue weighted by Gasteiger charge is -2.11. The van der Waals surface area contributed by atoms with E-state index in [0.29, 0.717) is 11.7 Å². The molecule has 0 saturated heterocycles. The summed E-state index contributed by atoms with van der Waals surface area (Å²) in [6.07, 6.45) is 3.22. The zero-order valence-electron chi connectivity index (χ0n) is 10.2. The molecular weight excluding hydrogens is 196 g/mol. The Kier molecular flexibility index (Phi) is 3.04. The van der Waals surface area contributed by atoms with E-state index in [2.05, 4.69) is 38.6 Å². The molecule has 0 heterocycles. The first-order valence-electron chi connectivity index (χ1n) is 6.07. The number of hydrogen-bond donors (Lipinski definition) is 1. The molecule has 0 radical (unpaired) electrons. The van der Waals surface area contributed by atoms with Crippen molar-refractivity contribution in [1.82, 2.24) is 0 Å². The number of benzene rings is 1. The second-order valence-electron chi connectivity index (χ2n) is 5.21. The maximum Gasteiger partial charge on any atom is 0.0925 e. The number of hydrogen-bond acceptors (Lipinski definition) is 1. The number of aryl methyl sites for hydroxylation is 1. The predicted molar refractivity (Wildman–Crippen MR) is 67.8 cm³/mol. The Bertz CT molecular complexity index is 404. The highest BCUT2D eigenvalue weighted by atomic mass is 16.3. The van der Waals surface area contributed by atoms with E-state index in [4.69, 9.17) is 0 Å². The molecule has 1 unspecified atom stereocenters. The normalized spacial score (nSPS) is 18.8. The van der Waals surface area contributed by atoms with Crippen LogP contribution >= 0.6 is 0 Å². The number of rotatable bonds is 3. The van der Waals surface area contributed by atoms with Crippen LogP contribution in [0, 0.1) is 5.92 Å². The fourth-order valence-electron chi connectivity index (χ4n) is 2.62. The van der Waals surface area contributed by atoms with Gasteiger partial charge in [-0.2, -0.15) is 0 Å². The van der Waals surface area contributed by atoms with E-state index in [1.807, 2.05) is 0 Å². The predicted octanol–water partition coefficient (Wildman–Crippen LogP) is 3.99. The van der Waals surface area contributed by atoms with Gasteiger partial charge in [0.05, 0.1) is 5.76 Å². The summed E-state index contributed by atoms with van der Waals surface area (Å²) in [5, 5.41) is 9.52. The molecule has 1 aliphatic rings. The van der Waals surface area contributed by atoms with Crippen LogP contribution < -0.4 is 0 Å². The van der Waals surface area contributed by atoms with Crippen molar-refractivity contribution >= 4 is 0 Å². The van der Waals surface area contributed by atoms with Crippen LogP contribution in [0.15, 0.2) is 30.5 Å². The topological polar surface area (TPSA) is 20.2 Å². The van der Waals surface area contributed by atoms with Crippen molar-refractivity contribution in [2.24, 2.45) is 5.92 Å². The largest absolute Gasteiger partial charge is 0.512 e. The minimum atomic E-state index is 0.170. The highest BCUT2D eigenvalue weighted by Crippen LogP contribution is 2.37. The van der Waals surface area contributed by atoms with Crippen molar-refractivity contribution in [2.45, 2.75) is 39.0 Å². The lowest BCUT2D eigenvalue weighted by Crippen LogP contribution is -1.98. The number of allylic oxidation sites excluding steroid dienone is 1. The Morgan fingerprint density at radius 3 is 2.88 bits per heavy atom. The van der Waals surface area contributed by atoms with Crippen molar-refractivity contribution in [1.29, 1.82) is 0 Å². The van der Waals surface area contributed by atoms with Gasteiger partial charge in [-0.25, -0.2) is 0 Å². The molecule has 0 amide bonds. The monoisotopic (exact) mass is 216 g/mol. The van der Waals surface area contributed by atoms with Crippen molar-refractivity contribution in [3.8, 4) is 0 Å². The van der Waals surface area contributed by atoms with Crippen LogP contribution in [0.2, 0.25) is 0 Å². The van der Waals surface area contributed by atoms with Gasteiger partial charge in [-0.15, -0.1) is 0 Å². The quantitative estimate of drug-likeness (QED) is 0.757. The Morgan fingerprint density at radius 2 is 2.25 bits per heavy atom. The molecule has 1 aromatic rings. The molecule has 1 aromatic carbocycles. The van der Waals surface area contributed by atoms with Gasteiger partial charge in [-0.1, -0.05) is 38.6 Å². The molecule has 1 atom stereocenters. The Balaban J connectivity index is 2.25. The molecule has 0 saturated carbocycles. The van der Waals surface area contributed by atoms with Crippen LogP contribution in [-0.2, 0) is 12.8 Å². The third kappa shape index (κ3) is 2.13. The summed E-state index contributed by atoms with van der Waals surface area (Å²) >= 11 is 0. The second-order valence-corrected chi connectivity index (χ2v) is 5.21. The molecule has 1 N–H and O–H groups in total. The lowest BCUT2D eigenvalue weighted by molar-refractivity contribution is 0.369. The smallest absolute Gasteiger partial charge is 0.0925 e. The van der Waals surface area contributed by atoms with E-state index in [1.54, 1.807) is 0 Å². The van der Waals surface area contributed by atoms with Crippen LogP contribution in [-0.4, -0.2) is 5.11 Å². The van der Waals surface area contributed by atoms with Gasteiger partial charge in [0.25, 0.3) is 0 Å². The zero-order chi connectivity index (χ0) is 11.7. The summed E-state index contributed by atoms with van der Waals surface area (Å²) in [5.41, 5.74) is 4.09. The summed E-state index contributed by atoms with van der Waals surface area (Å²) in [4.78, 5) is 0. The van der Waals surface area contributed by atoms with Crippen LogP contribution in [0.4, 0.5) is 0 Å². The van der Waals surface area contributed by atoms with E-state index < -0.39 is 0 Å². The molecular formula is C15H20O. The van der Waals surface area contributed by atoms with E-state index in [-0.39, 0.29) is 5.92 Å². The summed E-state index contributed by atoms with van der Waals surface area (Å²) in [7, 11) is 0. The Morgan fingerprint density at radius 1 is 1.50 bits per heavy atom. The van der Waals surface area contributed by atoms with Crippen LogP contribution in [0.1, 0.15) is 42.9 Å². The van der Waals surface area contributed by atoms with Gasteiger partial charge in [-0.05, 0) is 41.9 Å². The molecule has 2 rings (SSSR count). The first-order chi connectivity index (χ1) is 7.58. The molecule has 0 fully saturated rings. The fraction of sp³-hybridized carbons (Fsp3) is 0.467. The van der Waals surface area contributed by atoms with Crippen LogP contribution in [0.5, 0.6) is 0 Å². The lowest BCUT2D eigenvalue weighted by atomic mass is 9.96. The molecule has 0 aromatic heterocycles. The summed E-state index contributed by atoms with van der Waals surface area (Å²) in [6.45, 7) is 8.15. The molecule has 0 bridgehead atoms. The highest BCUT2D eigenvalue weighted by molar-refractivity contribution is 5.41. The van der Waals surface area contributed by atoms with Gasteiger partial charge in [0.2, 0.25) is 0 Å². The molecule has 1 nitrogen and oxygen atoms in total. The molecule has 0 spiro atoms. The first-order valence-corrected chi connectivity index (χ1v) is 6.07. The molecule has 1 heteroatoms. The van der Waals surface area contributed by atoms with E-state index in [0.717, 1.165) is 19.3 Å². The highest BCUT2D eigenvalue weighted by Gasteiger charge is 2.24. The third-order valence-electron chi connectivity index (χ3n) is 3.33. The van der Waals surface area contributed by atoms with Gasteiger partial charge in [0.1, 0.15) is 0 Å². The number of fused-ring (bicyclic) bond motifs is 1. The average Bonchev–Trinajstić information content (AvgIpc) is 2.59. The van der Waals surface area contributed by atoms with Gasteiger partial charge in [0, 0.05) is 5.92 Å². The average molecular weight is 216 g/mol.